The van der Waals surface area contributed by atoms with Crippen LogP contribution in [0.4, 0.5) is 0 Å². The van der Waals surface area contributed by atoms with Crippen LogP contribution in [0.1, 0.15) is 77.6 Å². The SMILES string of the molecule is CCCCCCCCCCCC(Cl)CC(O)CCl.CNC. The summed E-state index contributed by atoms with van der Waals surface area (Å²) in [7, 11) is 3.75. The number of halogens is 2. The van der Waals surface area contributed by atoms with Crippen molar-refractivity contribution in [1.82, 2.24) is 5.32 Å². The minimum absolute atomic E-state index is 0.0864. The van der Waals surface area contributed by atoms with Gasteiger partial charge < -0.3 is 10.4 Å². The standard InChI is InChI=1S/C15H30Cl2O.C2H7N/c1-2-3-4-5-6-7-8-9-10-11-14(17)12-15(18)13-16;1-3-2/h14-15,18H,2-13H2,1H3;3H,1-2H3. The highest BCUT2D eigenvalue weighted by Gasteiger charge is 2.10. The lowest BCUT2D eigenvalue weighted by atomic mass is 10.0. The number of hydrogen-bond donors (Lipinski definition) is 2. The first-order valence-electron chi connectivity index (χ1n) is 8.58. The Bertz CT molecular complexity index is 182. The number of rotatable bonds is 13. The van der Waals surface area contributed by atoms with Gasteiger partial charge in [0.2, 0.25) is 0 Å². The van der Waals surface area contributed by atoms with Crippen LogP contribution in [-0.4, -0.2) is 36.6 Å². The van der Waals surface area contributed by atoms with Crippen molar-refractivity contribution in [2.45, 2.75) is 89.0 Å². The molecule has 4 heteroatoms. The van der Waals surface area contributed by atoms with E-state index in [1.54, 1.807) is 0 Å². The number of aliphatic hydroxyl groups is 1. The molecule has 0 bridgehead atoms. The topological polar surface area (TPSA) is 32.3 Å². The Hall–Kier alpha value is 0.500. The van der Waals surface area contributed by atoms with E-state index in [2.05, 4.69) is 12.2 Å². The van der Waals surface area contributed by atoms with Crippen LogP contribution in [0, 0.1) is 0 Å². The van der Waals surface area contributed by atoms with Gasteiger partial charge in [0.05, 0.1) is 6.10 Å². The van der Waals surface area contributed by atoms with Gasteiger partial charge in [-0.15, -0.1) is 23.2 Å². The Morgan fingerprint density at radius 3 is 1.76 bits per heavy atom. The summed E-state index contributed by atoms with van der Waals surface area (Å²) in [4.78, 5) is 0. The smallest absolute Gasteiger partial charge is 0.0689 e. The first kappa shape index (κ1) is 23.8. The average Bonchev–Trinajstić information content (AvgIpc) is 2.46. The zero-order valence-corrected chi connectivity index (χ0v) is 15.9. The summed E-state index contributed by atoms with van der Waals surface area (Å²) in [5.74, 6) is 0.293. The fraction of sp³-hybridized carbons (Fsp3) is 1.00. The number of unbranched alkanes of at least 4 members (excludes halogenated alkanes) is 8. The monoisotopic (exact) mass is 341 g/mol. The first-order valence-corrected chi connectivity index (χ1v) is 9.55. The van der Waals surface area contributed by atoms with E-state index in [1.165, 1.54) is 57.8 Å². The maximum absolute atomic E-state index is 9.36. The molecule has 21 heavy (non-hydrogen) atoms. The molecule has 0 heterocycles. The van der Waals surface area contributed by atoms with E-state index in [0.717, 1.165) is 6.42 Å². The molecule has 0 radical (unpaired) electrons. The van der Waals surface area contributed by atoms with Gasteiger partial charge in [-0.3, -0.25) is 0 Å². The second-order valence-electron chi connectivity index (χ2n) is 5.76. The van der Waals surface area contributed by atoms with Gasteiger partial charge in [0, 0.05) is 11.3 Å². The lowest BCUT2D eigenvalue weighted by Crippen LogP contribution is -2.15. The van der Waals surface area contributed by atoms with Crippen LogP contribution in [0.5, 0.6) is 0 Å². The zero-order chi connectivity index (χ0) is 16.3. The van der Waals surface area contributed by atoms with Gasteiger partial charge in [0.1, 0.15) is 0 Å². The van der Waals surface area contributed by atoms with Crippen LogP contribution < -0.4 is 5.32 Å². The van der Waals surface area contributed by atoms with E-state index in [-0.39, 0.29) is 5.38 Å². The molecule has 0 aromatic heterocycles. The van der Waals surface area contributed by atoms with Gasteiger partial charge in [0.25, 0.3) is 0 Å². The highest BCUT2D eigenvalue weighted by Crippen LogP contribution is 2.16. The van der Waals surface area contributed by atoms with Crippen molar-refractivity contribution in [3.8, 4) is 0 Å². The maximum Gasteiger partial charge on any atom is 0.0689 e. The third-order valence-corrected chi connectivity index (χ3v) is 4.08. The Balaban J connectivity index is 0. The van der Waals surface area contributed by atoms with Crippen LogP contribution in [0.25, 0.3) is 0 Å². The van der Waals surface area contributed by atoms with Crippen molar-refractivity contribution in [2.24, 2.45) is 0 Å². The molecule has 2 N–H and O–H groups in total. The molecule has 0 aliphatic carbocycles. The molecule has 0 aliphatic rings. The summed E-state index contributed by atoms with van der Waals surface area (Å²) in [6, 6.07) is 0. The molecular formula is C17H37Cl2NO. The molecule has 0 saturated heterocycles. The molecule has 0 saturated carbocycles. The number of hydrogen-bond acceptors (Lipinski definition) is 2. The van der Waals surface area contributed by atoms with Gasteiger partial charge in [-0.25, -0.2) is 0 Å². The predicted octanol–water partition coefficient (Wildman–Crippen LogP) is 5.34. The van der Waals surface area contributed by atoms with E-state index >= 15 is 0 Å². The van der Waals surface area contributed by atoms with Gasteiger partial charge in [-0.1, -0.05) is 64.7 Å². The van der Waals surface area contributed by atoms with Crippen molar-refractivity contribution in [2.75, 3.05) is 20.0 Å². The molecule has 2 nitrogen and oxygen atoms in total. The Labute approximate surface area is 143 Å². The molecule has 0 amide bonds. The van der Waals surface area contributed by atoms with Gasteiger partial charge in [0.15, 0.2) is 0 Å². The van der Waals surface area contributed by atoms with E-state index in [9.17, 15) is 5.11 Å². The van der Waals surface area contributed by atoms with E-state index in [1.807, 2.05) is 14.1 Å². The van der Waals surface area contributed by atoms with Crippen LogP contribution in [0.3, 0.4) is 0 Å². The Morgan fingerprint density at radius 2 is 1.33 bits per heavy atom. The summed E-state index contributed by atoms with van der Waals surface area (Å²) >= 11 is 11.7. The van der Waals surface area contributed by atoms with Crippen molar-refractivity contribution in [1.29, 1.82) is 0 Å². The van der Waals surface area contributed by atoms with Crippen molar-refractivity contribution in [3.63, 3.8) is 0 Å². The minimum atomic E-state index is -0.437. The summed E-state index contributed by atoms with van der Waals surface area (Å²) in [6.07, 6.45) is 13.2. The normalized spacial score (nSPS) is 13.4. The van der Waals surface area contributed by atoms with Crippen molar-refractivity contribution >= 4 is 23.2 Å². The summed E-state index contributed by atoms with van der Waals surface area (Å²) in [5, 5.41) is 12.2. The van der Waals surface area contributed by atoms with Crippen LogP contribution >= 0.6 is 23.2 Å². The predicted molar refractivity (Wildman–Crippen MR) is 97.8 cm³/mol. The largest absolute Gasteiger partial charge is 0.392 e. The fourth-order valence-corrected chi connectivity index (χ4v) is 2.64. The van der Waals surface area contributed by atoms with Gasteiger partial charge in [-0.05, 0) is 26.9 Å². The molecule has 0 rings (SSSR count). The lowest BCUT2D eigenvalue weighted by molar-refractivity contribution is 0.185. The van der Waals surface area contributed by atoms with Crippen LogP contribution in [0.15, 0.2) is 0 Å². The summed E-state index contributed by atoms with van der Waals surface area (Å²) in [5.41, 5.74) is 0. The molecular weight excluding hydrogens is 305 g/mol. The van der Waals surface area contributed by atoms with E-state index in [4.69, 9.17) is 23.2 Å². The number of alkyl halides is 2. The van der Waals surface area contributed by atoms with Gasteiger partial charge in [-0.2, -0.15) is 0 Å². The highest BCUT2D eigenvalue weighted by molar-refractivity contribution is 6.21. The molecule has 0 aromatic carbocycles. The average molecular weight is 342 g/mol. The molecule has 2 atom stereocenters. The maximum atomic E-state index is 9.36. The zero-order valence-electron chi connectivity index (χ0n) is 14.3. The third-order valence-electron chi connectivity index (χ3n) is 3.33. The number of nitrogens with one attached hydrogen (secondary N) is 1. The first-order chi connectivity index (χ1) is 10.1. The van der Waals surface area contributed by atoms with Crippen molar-refractivity contribution < 1.29 is 5.11 Å². The van der Waals surface area contributed by atoms with E-state index < -0.39 is 6.10 Å². The second-order valence-corrected chi connectivity index (χ2v) is 6.68. The Morgan fingerprint density at radius 1 is 0.905 bits per heavy atom. The van der Waals surface area contributed by atoms with Crippen molar-refractivity contribution in [3.05, 3.63) is 0 Å². The second kappa shape index (κ2) is 20.5. The summed E-state index contributed by atoms with van der Waals surface area (Å²) < 4.78 is 0. The lowest BCUT2D eigenvalue weighted by Gasteiger charge is -2.12. The fourth-order valence-electron chi connectivity index (χ4n) is 2.15. The highest BCUT2D eigenvalue weighted by atomic mass is 35.5. The number of aliphatic hydroxyl groups excluding tert-OH is 1. The third kappa shape index (κ3) is 22.9. The van der Waals surface area contributed by atoms with Crippen LogP contribution in [0.2, 0.25) is 0 Å². The Kier molecular flexibility index (Phi) is 23.2. The molecule has 0 fully saturated rings. The molecule has 0 spiro atoms. The molecule has 0 aliphatic heterocycles. The quantitative estimate of drug-likeness (QED) is 0.350. The van der Waals surface area contributed by atoms with Gasteiger partial charge >= 0.3 is 0 Å². The molecule has 0 aromatic rings. The summed E-state index contributed by atoms with van der Waals surface area (Å²) in [6.45, 7) is 2.25. The minimum Gasteiger partial charge on any atom is -0.392 e. The molecule has 2 unspecified atom stereocenters. The van der Waals surface area contributed by atoms with E-state index in [0.29, 0.717) is 12.3 Å². The molecule has 130 valence electrons. The van der Waals surface area contributed by atoms with Crippen LogP contribution in [-0.2, 0) is 0 Å².